The smallest absolute Gasteiger partial charge is 0.114 e. The number of rotatable bonds is 3. The molecule has 22 heavy (non-hydrogen) atoms. The molecular weight excluding hydrogens is 274 g/mol. The zero-order valence-corrected chi connectivity index (χ0v) is 14.3. The topological polar surface area (TPSA) is 50.9 Å². The maximum atomic E-state index is 10.9. The van der Waals surface area contributed by atoms with Gasteiger partial charge in [0.15, 0.2) is 0 Å². The summed E-state index contributed by atoms with van der Waals surface area (Å²) in [5, 5.41) is 19.7. The molecule has 3 atom stereocenters. The van der Waals surface area contributed by atoms with Crippen LogP contribution in [0.3, 0.4) is 0 Å². The lowest BCUT2D eigenvalue weighted by Gasteiger charge is -2.37. The maximum Gasteiger partial charge on any atom is 0.114 e. The second-order valence-corrected chi connectivity index (χ2v) is 8.07. The van der Waals surface area contributed by atoms with Gasteiger partial charge >= 0.3 is 0 Å². The van der Waals surface area contributed by atoms with Crippen LogP contribution in [0.2, 0.25) is 0 Å². The van der Waals surface area contributed by atoms with Crippen LogP contribution in [0.4, 0.5) is 0 Å². The minimum absolute atomic E-state index is 0.442. The van der Waals surface area contributed by atoms with Crippen LogP contribution in [0.5, 0.6) is 0 Å². The van der Waals surface area contributed by atoms with E-state index in [0.717, 1.165) is 37.3 Å². The van der Waals surface area contributed by atoms with Crippen molar-refractivity contribution in [2.45, 2.75) is 83.8 Å². The fourth-order valence-corrected chi connectivity index (χ4v) is 4.50. The lowest BCUT2D eigenvalue weighted by atomic mass is 9.74. The Bertz CT molecular complexity index is 490. The standard InChI is InChI=1S/C18H31N3O/c1-13(2)15-8-7-14(3)11-16(15)21-12-17(19-20-21)18(22)9-5-4-6-10-18/h12-16,22H,4-11H2,1-3H3/t14-,15+,16-/m1/s1. The van der Waals surface area contributed by atoms with Crippen molar-refractivity contribution in [1.29, 1.82) is 0 Å². The third-order valence-corrected chi connectivity index (χ3v) is 5.99. The highest BCUT2D eigenvalue weighted by Gasteiger charge is 2.37. The molecular formula is C18H31N3O. The second kappa shape index (κ2) is 6.31. The largest absolute Gasteiger partial charge is 0.383 e. The minimum atomic E-state index is -0.732. The van der Waals surface area contributed by atoms with Gasteiger partial charge in [0.2, 0.25) is 0 Å². The van der Waals surface area contributed by atoms with Gasteiger partial charge in [-0.3, -0.25) is 0 Å². The van der Waals surface area contributed by atoms with E-state index in [1.54, 1.807) is 0 Å². The lowest BCUT2D eigenvalue weighted by molar-refractivity contribution is -0.00479. The lowest BCUT2D eigenvalue weighted by Crippen LogP contribution is -2.31. The van der Waals surface area contributed by atoms with Gasteiger partial charge < -0.3 is 5.11 Å². The fourth-order valence-electron chi connectivity index (χ4n) is 4.50. The normalized spacial score (nSPS) is 32.3. The monoisotopic (exact) mass is 305 g/mol. The summed E-state index contributed by atoms with van der Waals surface area (Å²) in [6, 6.07) is 0.442. The van der Waals surface area contributed by atoms with Crippen LogP contribution in [0.25, 0.3) is 0 Å². The highest BCUT2D eigenvalue weighted by Crippen LogP contribution is 2.42. The number of hydrogen-bond donors (Lipinski definition) is 1. The molecule has 1 aromatic rings. The SMILES string of the molecule is CC(C)[C@@H]1CC[C@@H](C)C[C@H]1n1cc(C2(O)CCCCC2)nn1. The molecule has 0 spiro atoms. The van der Waals surface area contributed by atoms with Crippen molar-refractivity contribution in [3.63, 3.8) is 0 Å². The van der Waals surface area contributed by atoms with E-state index in [4.69, 9.17) is 0 Å². The zero-order chi connectivity index (χ0) is 15.7. The Labute approximate surface area is 134 Å². The quantitative estimate of drug-likeness (QED) is 0.916. The van der Waals surface area contributed by atoms with Crippen LogP contribution >= 0.6 is 0 Å². The van der Waals surface area contributed by atoms with Gasteiger partial charge in [-0.15, -0.1) is 5.10 Å². The molecule has 0 saturated heterocycles. The van der Waals surface area contributed by atoms with Gasteiger partial charge in [-0.25, -0.2) is 4.68 Å². The average molecular weight is 305 g/mol. The summed E-state index contributed by atoms with van der Waals surface area (Å²) in [5.41, 5.74) is 0.0670. The van der Waals surface area contributed by atoms with E-state index in [0.29, 0.717) is 17.9 Å². The Balaban J connectivity index is 1.82. The molecule has 2 aliphatic rings. The predicted octanol–water partition coefficient (Wildman–Crippen LogP) is 4.06. The Morgan fingerprint density at radius 2 is 1.95 bits per heavy atom. The molecule has 2 saturated carbocycles. The second-order valence-electron chi connectivity index (χ2n) is 8.07. The first-order valence-corrected chi connectivity index (χ1v) is 9.14. The molecule has 0 bridgehead atoms. The molecule has 0 aliphatic heterocycles. The molecule has 0 unspecified atom stereocenters. The Kier molecular flexibility index (Phi) is 4.58. The van der Waals surface area contributed by atoms with Crippen LogP contribution in [0.1, 0.15) is 83.9 Å². The van der Waals surface area contributed by atoms with Gasteiger partial charge in [-0.05, 0) is 43.4 Å². The molecule has 2 fully saturated rings. The third-order valence-electron chi connectivity index (χ3n) is 5.99. The van der Waals surface area contributed by atoms with Gasteiger partial charge in [0.05, 0.1) is 12.2 Å². The molecule has 1 aromatic heterocycles. The highest BCUT2D eigenvalue weighted by atomic mass is 16.3. The molecule has 0 radical (unpaired) electrons. The van der Waals surface area contributed by atoms with E-state index < -0.39 is 5.60 Å². The van der Waals surface area contributed by atoms with Crippen LogP contribution in [-0.4, -0.2) is 20.1 Å². The summed E-state index contributed by atoms with van der Waals surface area (Å²) in [4.78, 5) is 0. The summed E-state index contributed by atoms with van der Waals surface area (Å²) in [7, 11) is 0. The minimum Gasteiger partial charge on any atom is -0.383 e. The van der Waals surface area contributed by atoms with E-state index in [1.807, 2.05) is 6.20 Å². The first-order valence-electron chi connectivity index (χ1n) is 9.14. The summed E-state index contributed by atoms with van der Waals surface area (Å²) in [6.45, 7) is 6.98. The van der Waals surface area contributed by atoms with Gasteiger partial charge in [0.25, 0.3) is 0 Å². The summed E-state index contributed by atoms with van der Waals surface area (Å²) in [5.74, 6) is 2.10. The third kappa shape index (κ3) is 3.08. The molecule has 124 valence electrons. The molecule has 2 aliphatic carbocycles. The number of aliphatic hydroxyl groups is 1. The number of nitrogens with zero attached hydrogens (tertiary/aromatic N) is 3. The fraction of sp³-hybridized carbons (Fsp3) is 0.889. The van der Waals surface area contributed by atoms with Crippen molar-refractivity contribution in [3.8, 4) is 0 Å². The van der Waals surface area contributed by atoms with E-state index in [2.05, 4.69) is 35.8 Å². The Morgan fingerprint density at radius 1 is 1.23 bits per heavy atom. The first-order chi connectivity index (χ1) is 10.5. The summed E-state index contributed by atoms with van der Waals surface area (Å²) >= 11 is 0. The van der Waals surface area contributed by atoms with Crippen LogP contribution < -0.4 is 0 Å². The van der Waals surface area contributed by atoms with Gasteiger partial charge in [0.1, 0.15) is 11.3 Å². The van der Waals surface area contributed by atoms with Crippen molar-refractivity contribution >= 4 is 0 Å². The van der Waals surface area contributed by atoms with Crippen LogP contribution in [-0.2, 0) is 5.60 Å². The Morgan fingerprint density at radius 3 is 2.64 bits per heavy atom. The highest BCUT2D eigenvalue weighted by molar-refractivity contribution is 5.08. The van der Waals surface area contributed by atoms with E-state index in [1.165, 1.54) is 25.7 Å². The Hall–Kier alpha value is -0.900. The van der Waals surface area contributed by atoms with Gasteiger partial charge in [-0.2, -0.15) is 0 Å². The maximum absolute atomic E-state index is 10.9. The van der Waals surface area contributed by atoms with Crippen molar-refractivity contribution < 1.29 is 5.11 Å². The predicted molar refractivity (Wildman–Crippen MR) is 87.4 cm³/mol. The average Bonchev–Trinajstić information content (AvgIpc) is 2.98. The van der Waals surface area contributed by atoms with Gasteiger partial charge in [-0.1, -0.05) is 51.7 Å². The molecule has 0 aromatic carbocycles. The zero-order valence-electron chi connectivity index (χ0n) is 14.3. The van der Waals surface area contributed by atoms with E-state index in [9.17, 15) is 5.11 Å². The molecule has 1 heterocycles. The van der Waals surface area contributed by atoms with Crippen LogP contribution in [0.15, 0.2) is 6.20 Å². The number of hydrogen-bond acceptors (Lipinski definition) is 3. The molecule has 1 N–H and O–H groups in total. The van der Waals surface area contributed by atoms with Crippen molar-refractivity contribution in [3.05, 3.63) is 11.9 Å². The first kappa shape index (κ1) is 16.0. The summed E-state index contributed by atoms with van der Waals surface area (Å²) < 4.78 is 2.07. The molecule has 4 heteroatoms. The van der Waals surface area contributed by atoms with Crippen molar-refractivity contribution in [2.24, 2.45) is 17.8 Å². The molecule has 0 amide bonds. The van der Waals surface area contributed by atoms with Crippen molar-refractivity contribution in [2.75, 3.05) is 0 Å². The van der Waals surface area contributed by atoms with Crippen LogP contribution in [0, 0.1) is 17.8 Å². The van der Waals surface area contributed by atoms with E-state index >= 15 is 0 Å². The summed E-state index contributed by atoms with van der Waals surface area (Å²) in [6.07, 6.45) is 10.9. The van der Waals surface area contributed by atoms with Gasteiger partial charge in [0, 0.05) is 0 Å². The van der Waals surface area contributed by atoms with E-state index in [-0.39, 0.29) is 0 Å². The van der Waals surface area contributed by atoms with Crippen molar-refractivity contribution in [1.82, 2.24) is 15.0 Å². The number of aromatic nitrogens is 3. The molecule has 3 rings (SSSR count). The molecule has 4 nitrogen and oxygen atoms in total.